The molecule has 0 fully saturated rings. The molecule has 104 valence electrons. The first kappa shape index (κ1) is 13.7. The molecule has 0 aliphatic heterocycles. The number of rotatable bonds is 2. The Labute approximate surface area is 128 Å². The summed E-state index contributed by atoms with van der Waals surface area (Å²) in [6, 6.07) is 11.8. The Bertz CT molecular complexity index is 655. The highest BCUT2D eigenvalue weighted by Gasteiger charge is 2.29. The Morgan fingerprint density at radius 1 is 1.05 bits per heavy atom. The molecule has 3 rings (SSSR count). The van der Waals surface area contributed by atoms with Crippen molar-refractivity contribution in [1.82, 2.24) is 0 Å². The first-order chi connectivity index (χ1) is 9.54. The monoisotopic (exact) mass is 306 g/mol. The average molecular weight is 307 g/mol. The Morgan fingerprint density at radius 2 is 1.85 bits per heavy atom. The van der Waals surface area contributed by atoms with Crippen LogP contribution in [0.4, 0.5) is 5.69 Å². The molecule has 20 heavy (non-hydrogen) atoms. The van der Waals surface area contributed by atoms with E-state index in [1.165, 1.54) is 16.7 Å². The maximum atomic E-state index is 6.36. The van der Waals surface area contributed by atoms with Crippen LogP contribution in [0.15, 0.2) is 36.4 Å². The van der Waals surface area contributed by atoms with Crippen LogP contribution in [0.1, 0.15) is 22.7 Å². The second kappa shape index (κ2) is 5.28. The molecule has 4 N–H and O–H groups in total. The van der Waals surface area contributed by atoms with Crippen molar-refractivity contribution in [2.75, 3.05) is 5.73 Å². The Morgan fingerprint density at radius 3 is 2.60 bits per heavy atom. The van der Waals surface area contributed by atoms with Crippen molar-refractivity contribution >= 4 is 28.9 Å². The van der Waals surface area contributed by atoms with Crippen LogP contribution in [-0.4, -0.2) is 0 Å². The van der Waals surface area contributed by atoms with Crippen molar-refractivity contribution in [2.24, 2.45) is 11.7 Å². The molecule has 2 unspecified atom stereocenters. The predicted octanol–water partition coefficient (Wildman–Crippen LogP) is 3.99. The molecule has 2 aromatic rings. The molecular weight excluding hydrogens is 291 g/mol. The largest absolute Gasteiger partial charge is 0.399 e. The van der Waals surface area contributed by atoms with E-state index in [1.807, 2.05) is 36.4 Å². The molecular formula is C16H16Cl2N2. The fourth-order valence-corrected chi connectivity index (χ4v) is 3.28. The van der Waals surface area contributed by atoms with Crippen LogP contribution in [0.3, 0.4) is 0 Å². The van der Waals surface area contributed by atoms with Gasteiger partial charge in [-0.25, -0.2) is 0 Å². The summed E-state index contributed by atoms with van der Waals surface area (Å²) < 4.78 is 0. The highest BCUT2D eigenvalue weighted by Crippen LogP contribution is 2.37. The van der Waals surface area contributed by atoms with Gasteiger partial charge in [0, 0.05) is 11.7 Å². The zero-order valence-electron chi connectivity index (χ0n) is 10.9. The van der Waals surface area contributed by atoms with Gasteiger partial charge in [0.2, 0.25) is 0 Å². The molecule has 4 heteroatoms. The molecule has 2 aromatic carbocycles. The summed E-state index contributed by atoms with van der Waals surface area (Å²) in [5.74, 6) is 0.379. The van der Waals surface area contributed by atoms with E-state index in [4.69, 9.17) is 34.7 Å². The number of fused-ring (bicyclic) bond motifs is 1. The molecule has 0 aromatic heterocycles. The van der Waals surface area contributed by atoms with Gasteiger partial charge < -0.3 is 11.5 Å². The second-order valence-electron chi connectivity index (χ2n) is 5.40. The Balaban J connectivity index is 1.81. The SMILES string of the molecule is Nc1ccc2c(c1)CC(Cc1ccc(Cl)c(Cl)c1)C2N. The van der Waals surface area contributed by atoms with Crippen molar-refractivity contribution in [3.8, 4) is 0 Å². The molecule has 2 atom stereocenters. The number of nitrogens with two attached hydrogens (primary N) is 2. The van der Waals surface area contributed by atoms with Gasteiger partial charge in [-0.05, 0) is 59.7 Å². The van der Waals surface area contributed by atoms with E-state index in [0.29, 0.717) is 16.0 Å². The minimum Gasteiger partial charge on any atom is -0.399 e. The Kier molecular flexibility index (Phi) is 3.63. The lowest BCUT2D eigenvalue weighted by Gasteiger charge is -2.16. The summed E-state index contributed by atoms with van der Waals surface area (Å²) in [5.41, 5.74) is 16.6. The molecule has 0 heterocycles. The van der Waals surface area contributed by atoms with Gasteiger partial charge in [0.15, 0.2) is 0 Å². The smallest absolute Gasteiger partial charge is 0.0595 e. The molecule has 0 bridgehead atoms. The van der Waals surface area contributed by atoms with Crippen LogP contribution in [-0.2, 0) is 12.8 Å². The third kappa shape index (κ3) is 2.51. The minimum absolute atomic E-state index is 0.0556. The van der Waals surface area contributed by atoms with Gasteiger partial charge in [-0.15, -0.1) is 0 Å². The van der Waals surface area contributed by atoms with Crippen molar-refractivity contribution < 1.29 is 0 Å². The van der Waals surface area contributed by atoms with Gasteiger partial charge >= 0.3 is 0 Å². The quantitative estimate of drug-likeness (QED) is 0.824. The molecule has 2 nitrogen and oxygen atoms in total. The Hall–Kier alpha value is -1.22. The maximum Gasteiger partial charge on any atom is 0.0595 e. The molecule has 0 spiro atoms. The minimum atomic E-state index is 0.0556. The third-order valence-electron chi connectivity index (χ3n) is 4.00. The average Bonchev–Trinajstić information content (AvgIpc) is 2.70. The summed E-state index contributed by atoms with van der Waals surface area (Å²) in [5, 5.41) is 1.18. The van der Waals surface area contributed by atoms with E-state index < -0.39 is 0 Å². The molecule has 1 aliphatic carbocycles. The lowest BCUT2D eigenvalue weighted by Crippen LogP contribution is -2.18. The number of benzene rings is 2. The number of halogens is 2. The molecule has 1 aliphatic rings. The fraction of sp³-hybridized carbons (Fsp3) is 0.250. The van der Waals surface area contributed by atoms with Crippen molar-refractivity contribution in [3.05, 3.63) is 63.1 Å². The summed E-state index contributed by atoms with van der Waals surface area (Å²) in [6.07, 6.45) is 1.86. The van der Waals surface area contributed by atoms with Crippen LogP contribution in [0.5, 0.6) is 0 Å². The van der Waals surface area contributed by atoms with Gasteiger partial charge in [-0.1, -0.05) is 35.3 Å². The number of hydrogen-bond donors (Lipinski definition) is 2. The topological polar surface area (TPSA) is 52.0 Å². The van der Waals surface area contributed by atoms with E-state index >= 15 is 0 Å². The summed E-state index contributed by atoms with van der Waals surface area (Å²) >= 11 is 12.0. The maximum absolute atomic E-state index is 6.36. The zero-order valence-corrected chi connectivity index (χ0v) is 12.5. The second-order valence-corrected chi connectivity index (χ2v) is 6.22. The van der Waals surface area contributed by atoms with E-state index in [1.54, 1.807) is 0 Å². The number of hydrogen-bond acceptors (Lipinski definition) is 2. The highest BCUT2D eigenvalue weighted by atomic mass is 35.5. The number of nitrogen functional groups attached to an aromatic ring is 1. The molecule has 0 amide bonds. The first-order valence-electron chi connectivity index (χ1n) is 6.62. The summed E-state index contributed by atoms with van der Waals surface area (Å²) in [7, 11) is 0. The van der Waals surface area contributed by atoms with Gasteiger partial charge in [-0.2, -0.15) is 0 Å². The normalized spacial score (nSPS) is 20.9. The van der Waals surface area contributed by atoms with Crippen molar-refractivity contribution in [3.63, 3.8) is 0 Å². The van der Waals surface area contributed by atoms with Crippen LogP contribution in [0, 0.1) is 5.92 Å². The van der Waals surface area contributed by atoms with E-state index in [9.17, 15) is 0 Å². The predicted molar refractivity (Wildman–Crippen MR) is 85.1 cm³/mol. The van der Waals surface area contributed by atoms with Gasteiger partial charge in [0.1, 0.15) is 0 Å². The van der Waals surface area contributed by atoms with E-state index in [2.05, 4.69) is 0 Å². The zero-order chi connectivity index (χ0) is 14.3. The molecule has 0 saturated heterocycles. The highest BCUT2D eigenvalue weighted by molar-refractivity contribution is 6.42. The van der Waals surface area contributed by atoms with Crippen LogP contribution < -0.4 is 11.5 Å². The van der Waals surface area contributed by atoms with E-state index in [-0.39, 0.29) is 6.04 Å². The third-order valence-corrected chi connectivity index (χ3v) is 4.74. The van der Waals surface area contributed by atoms with E-state index in [0.717, 1.165) is 18.5 Å². The fourth-order valence-electron chi connectivity index (χ4n) is 2.96. The lowest BCUT2D eigenvalue weighted by atomic mass is 9.93. The summed E-state index contributed by atoms with van der Waals surface area (Å²) in [4.78, 5) is 0. The van der Waals surface area contributed by atoms with Crippen LogP contribution in [0.2, 0.25) is 10.0 Å². The van der Waals surface area contributed by atoms with Crippen molar-refractivity contribution in [2.45, 2.75) is 18.9 Å². The van der Waals surface area contributed by atoms with Gasteiger partial charge in [0.25, 0.3) is 0 Å². The standard InChI is InChI=1S/C16H16Cl2N2/c17-14-4-1-9(6-15(14)18)5-11-7-10-8-12(19)2-3-13(10)16(11)20/h1-4,6,8,11,16H,5,7,19-20H2. The van der Waals surface area contributed by atoms with Gasteiger partial charge in [-0.3, -0.25) is 0 Å². The van der Waals surface area contributed by atoms with Crippen molar-refractivity contribution in [1.29, 1.82) is 0 Å². The summed E-state index contributed by atoms with van der Waals surface area (Å²) in [6.45, 7) is 0. The lowest BCUT2D eigenvalue weighted by molar-refractivity contribution is 0.465. The van der Waals surface area contributed by atoms with Crippen LogP contribution in [0.25, 0.3) is 0 Å². The number of anilines is 1. The molecule has 0 radical (unpaired) electrons. The first-order valence-corrected chi connectivity index (χ1v) is 7.38. The van der Waals surface area contributed by atoms with Crippen LogP contribution >= 0.6 is 23.2 Å². The molecule has 0 saturated carbocycles. The van der Waals surface area contributed by atoms with Gasteiger partial charge in [0.05, 0.1) is 10.0 Å².